The van der Waals surface area contributed by atoms with Gasteiger partial charge in [0.25, 0.3) is 0 Å². The van der Waals surface area contributed by atoms with Gasteiger partial charge < -0.3 is 15.0 Å². The fourth-order valence-electron chi connectivity index (χ4n) is 2.55. The fourth-order valence-corrected chi connectivity index (χ4v) is 2.55. The number of nitrogens with one attached hydrogen (secondary N) is 1. The summed E-state index contributed by atoms with van der Waals surface area (Å²) in [5.74, 6) is 6.83. The average Bonchev–Trinajstić information content (AvgIpc) is 2.59. The van der Waals surface area contributed by atoms with Crippen LogP contribution in [0.25, 0.3) is 0 Å². The molecule has 1 heterocycles. The Kier molecular flexibility index (Phi) is 6.04. The summed E-state index contributed by atoms with van der Waals surface area (Å²) >= 11 is 0. The van der Waals surface area contributed by atoms with E-state index in [1.54, 1.807) is 18.9 Å². The summed E-state index contributed by atoms with van der Waals surface area (Å²) in [5.41, 5.74) is 0.884. The van der Waals surface area contributed by atoms with E-state index in [-0.39, 0.29) is 17.7 Å². The predicted octanol–water partition coefficient (Wildman–Crippen LogP) is 1.42. The summed E-state index contributed by atoms with van der Waals surface area (Å²) in [6.07, 6.45) is 1.44. The Bertz CT molecular complexity index is 605. The second-order valence-corrected chi connectivity index (χ2v) is 5.53. The first-order chi connectivity index (χ1) is 11.1. The van der Waals surface area contributed by atoms with Gasteiger partial charge in [0, 0.05) is 31.5 Å². The first-order valence-electron chi connectivity index (χ1n) is 7.76. The number of carbonyl (C=O) groups is 2. The minimum Gasteiger partial charge on any atom is -0.497 e. The van der Waals surface area contributed by atoms with Crippen molar-refractivity contribution in [1.29, 1.82) is 0 Å². The van der Waals surface area contributed by atoms with Crippen molar-refractivity contribution in [2.24, 2.45) is 5.92 Å². The van der Waals surface area contributed by atoms with E-state index in [1.165, 1.54) is 0 Å². The Morgan fingerprint density at radius 1 is 1.26 bits per heavy atom. The molecule has 5 heteroatoms. The number of benzene rings is 1. The van der Waals surface area contributed by atoms with Crippen molar-refractivity contribution in [1.82, 2.24) is 10.2 Å². The van der Waals surface area contributed by atoms with E-state index >= 15 is 0 Å². The SMILES string of the molecule is COc1ccc(C#CCNC(=O)C2CCN(C(C)=O)CC2)cc1. The maximum atomic E-state index is 12.1. The van der Waals surface area contributed by atoms with E-state index in [4.69, 9.17) is 4.74 Å². The van der Waals surface area contributed by atoms with Crippen LogP contribution in [0.3, 0.4) is 0 Å². The van der Waals surface area contributed by atoms with Gasteiger partial charge in [0.15, 0.2) is 0 Å². The van der Waals surface area contributed by atoms with Gasteiger partial charge >= 0.3 is 0 Å². The minimum absolute atomic E-state index is 0.0200. The van der Waals surface area contributed by atoms with E-state index in [0.717, 1.165) is 24.2 Å². The van der Waals surface area contributed by atoms with Crippen molar-refractivity contribution in [2.45, 2.75) is 19.8 Å². The number of hydrogen-bond acceptors (Lipinski definition) is 3. The molecule has 1 aromatic carbocycles. The lowest BCUT2D eigenvalue weighted by atomic mass is 9.96. The summed E-state index contributed by atoms with van der Waals surface area (Å²) in [6, 6.07) is 7.47. The highest BCUT2D eigenvalue weighted by atomic mass is 16.5. The lowest BCUT2D eigenvalue weighted by Crippen LogP contribution is -2.42. The smallest absolute Gasteiger partial charge is 0.223 e. The lowest BCUT2D eigenvalue weighted by Gasteiger charge is -2.30. The third-order valence-electron chi connectivity index (χ3n) is 3.98. The van der Waals surface area contributed by atoms with Gasteiger partial charge in [-0.1, -0.05) is 11.8 Å². The van der Waals surface area contributed by atoms with Gasteiger partial charge in [0.05, 0.1) is 13.7 Å². The average molecular weight is 314 g/mol. The zero-order chi connectivity index (χ0) is 16.7. The van der Waals surface area contributed by atoms with Crippen molar-refractivity contribution in [3.63, 3.8) is 0 Å². The summed E-state index contributed by atoms with van der Waals surface area (Å²) in [5, 5.41) is 2.85. The van der Waals surface area contributed by atoms with Gasteiger partial charge in [-0.15, -0.1) is 0 Å². The van der Waals surface area contributed by atoms with Crippen LogP contribution in [0.4, 0.5) is 0 Å². The highest BCUT2D eigenvalue weighted by Gasteiger charge is 2.25. The van der Waals surface area contributed by atoms with Crippen molar-refractivity contribution >= 4 is 11.8 Å². The molecule has 2 rings (SSSR count). The second-order valence-electron chi connectivity index (χ2n) is 5.53. The minimum atomic E-state index is -0.0200. The van der Waals surface area contributed by atoms with Crippen LogP contribution in [-0.2, 0) is 9.59 Å². The molecular formula is C18H22N2O3. The molecule has 0 bridgehead atoms. The second kappa shape index (κ2) is 8.23. The maximum absolute atomic E-state index is 12.1. The maximum Gasteiger partial charge on any atom is 0.223 e. The molecule has 23 heavy (non-hydrogen) atoms. The Balaban J connectivity index is 1.75. The quantitative estimate of drug-likeness (QED) is 0.859. The number of nitrogens with zero attached hydrogens (tertiary/aromatic N) is 1. The normalized spacial score (nSPS) is 14.6. The van der Waals surface area contributed by atoms with Crippen LogP contribution in [-0.4, -0.2) is 43.5 Å². The van der Waals surface area contributed by atoms with Crippen molar-refractivity contribution in [3.8, 4) is 17.6 Å². The number of piperidine rings is 1. The third-order valence-corrected chi connectivity index (χ3v) is 3.98. The Hall–Kier alpha value is -2.48. The number of carbonyl (C=O) groups excluding carboxylic acids is 2. The molecule has 0 atom stereocenters. The predicted molar refractivity (Wildman–Crippen MR) is 87.9 cm³/mol. The number of ether oxygens (including phenoxy) is 1. The first kappa shape index (κ1) is 16.9. The summed E-state index contributed by atoms with van der Waals surface area (Å²) < 4.78 is 5.09. The standard InChI is InChI=1S/C18H22N2O3/c1-14(21)20-12-9-16(10-13-20)18(22)19-11-3-4-15-5-7-17(23-2)8-6-15/h5-8,16H,9-13H2,1-2H3,(H,19,22). The fraction of sp³-hybridized carbons (Fsp3) is 0.444. The van der Waals surface area contributed by atoms with E-state index in [1.807, 2.05) is 24.3 Å². The van der Waals surface area contributed by atoms with Gasteiger partial charge in [-0.2, -0.15) is 0 Å². The molecule has 0 unspecified atom stereocenters. The summed E-state index contributed by atoms with van der Waals surface area (Å²) in [7, 11) is 1.62. The van der Waals surface area contributed by atoms with Crippen LogP contribution < -0.4 is 10.1 Å². The van der Waals surface area contributed by atoms with Crippen molar-refractivity contribution < 1.29 is 14.3 Å². The molecule has 1 aliphatic rings. The van der Waals surface area contributed by atoms with Gasteiger partial charge in [-0.05, 0) is 37.1 Å². The Morgan fingerprint density at radius 3 is 2.48 bits per heavy atom. The lowest BCUT2D eigenvalue weighted by molar-refractivity contribution is -0.133. The topological polar surface area (TPSA) is 58.6 Å². The van der Waals surface area contributed by atoms with E-state index < -0.39 is 0 Å². The highest BCUT2D eigenvalue weighted by Crippen LogP contribution is 2.17. The van der Waals surface area contributed by atoms with Crippen LogP contribution in [0.5, 0.6) is 5.75 Å². The largest absolute Gasteiger partial charge is 0.497 e. The van der Waals surface area contributed by atoms with Gasteiger partial charge in [-0.3, -0.25) is 9.59 Å². The Labute approximate surface area is 137 Å². The zero-order valence-corrected chi connectivity index (χ0v) is 13.6. The Morgan fingerprint density at radius 2 is 1.91 bits per heavy atom. The molecule has 1 aliphatic heterocycles. The molecule has 122 valence electrons. The molecule has 1 saturated heterocycles. The van der Waals surface area contributed by atoms with E-state index in [9.17, 15) is 9.59 Å². The van der Waals surface area contributed by atoms with Gasteiger partial charge in [-0.25, -0.2) is 0 Å². The summed E-state index contributed by atoms with van der Waals surface area (Å²) in [6.45, 7) is 3.21. The van der Waals surface area contributed by atoms with Crippen LogP contribution in [0.1, 0.15) is 25.3 Å². The number of rotatable bonds is 3. The number of likely N-dealkylation sites (tertiary alicyclic amines) is 1. The van der Waals surface area contributed by atoms with E-state index in [2.05, 4.69) is 17.2 Å². The third kappa shape index (κ3) is 5.03. The van der Waals surface area contributed by atoms with Crippen molar-refractivity contribution in [3.05, 3.63) is 29.8 Å². The number of amides is 2. The number of hydrogen-bond donors (Lipinski definition) is 1. The molecule has 0 saturated carbocycles. The summed E-state index contributed by atoms with van der Waals surface area (Å²) in [4.78, 5) is 25.1. The molecule has 0 aromatic heterocycles. The molecule has 1 fully saturated rings. The van der Waals surface area contributed by atoms with E-state index in [0.29, 0.717) is 19.6 Å². The molecule has 1 aromatic rings. The molecule has 5 nitrogen and oxygen atoms in total. The van der Waals surface area contributed by atoms with Crippen LogP contribution in [0.2, 0.25) is 0 Å². The molecule has 0 radical (unpaired) electrons. The molecule has 2 amide bonds. The van der Waals surface area contributed by atoms with Gasteiger partial charge in [0.1, 0.15) is 5.75 Å². The van der Waals surface area contributed by atoms with Crippen LogP contribution in [0.15, 0.2) is 24.3 Å². The van der Waals surface area contributed by atoms with Crippen molar-refractivity contribution in [2.75, 3.05) is 26.7 Å². The molecule has 0 aliphatic carbocycles. The van der Waals surface area contributed by atoms with Gasteiger partial charge in [0.2, 0.25) is 11.8 Å². The molecular weight excluding hydrogens is 292 g/mol. The van der Waals surface area contributed by atoms with Crippen LogP contribution >= 0.6 is 0 Å². The number of methoxy groups -OCH3 is 1. The van der Waals surface area contributed by atoms with Crippen LogP contribution in [0, 0.1) is 17.8 Å². The first-order valence-corrected chi connectivity index (χ1v) is 7.76. The molecule has 1 N–H and O–H groups in total. The molecule has 0 spiro atoms. The zero-order valence-electron chi connectivity index (χ0n) is 13.6. The highest BCUT2D eigenvalue weighted by molar-refractivity contribution is 5.79. The monoisotopic (exact) mass is 314 g/mol.